The average molecular weight is 561 g/mol. The maximum Gasteiger partial charge on any atom is 0.424 e. The molecule has 15 heteroatoms. The van der Waals surface area contributed by atoms with Crippen LogP contribution in [-0.4, -0.2) is 53.7 Å². The van der Waals surface area contributed by atoms with E-state index < -0.39 is 58.3 Å². The Morgan fingerprint density at radius 3 is 2.37 bits per heavy atom. The summed E-state index contributed by atoms with van der Waals surface area (Å²) >= 11 is 0. The molecule has 0 fully saturated rings. The van der Waals surface area contributed by atoms with E-state index in [4.69, 9.17) is 9.52 Å². The Labute approximate surface area is 212 Å². The van der Waals surface area contributed by atoms with Crippen molar-refractivity contribution in [2.45, 2.75) is 48.4 Å². The van der Waals surface area contributed by atoms with Crippen molar-refractivity contribution in [1.29, 1.82) is 0 Å². The second-order valence-corrected chi connectivity index (χ2v) is 10.5. The zero-order valence-corrected chi connectivity index (χ0v) is 20.1. The van der Waals surface area contributed by atoms with Crippen molar-refractivity contribution < 1.29 is 49.8 Å². The number of hydrogen-bond acceptors (Lipinski definition) is 7. The Bertz CT molecular complexity index is 1440. The van der Waals surface area contributed by atoms with E-state index in [1.54, 1.807) is 0 Å². The summed E-state index contributed by atoms with van der Waals surface area (Å²) in [6, 6.07) is 5.72. The van der Waals surface area contributed by atoms with Crippen LogP contribution in [0.1, 0.15) is 29.3 Å². The molecular formula is C23H20F5N3O6S. The van der Waals surface area contributed by atoms with E-state index >= 15 is 0 Å². The van der Waals surface area contributed by atoms with Crippen LogP contribution in [0.5, 0.6) is 0 Å². The van der Waals surface area contributed by atoms with Crippen LogP contribution in [-0.2, 0) is 39.7 Å². The van der Waals surface area contributed by atoms with Crippen molar-refractivity contribution in [3.05, 3.63) is 71.2 Å². The van der Waals surface area contributed by atoms with E-state index in [-0.39, 0.29) is 47.2 Å². The number of nitrogens with zero attached hydrogens (tertiary/aromatic N) is 3. The number of aryl methyl sites for hydroxylation is 1. The first-order chi connectivity index (χ1) is 17.8. The molecule has 0 radical (unpaired) electrons. The Kier molecular flexibility index (Phi) is 7.18. The van der Waals surface area contributed by atoms with Gasteiger partial charge in [0.1, 0.15) is 18.9 Å². The minimum absolute atomic E-state index is 0.0353. The molecule has 3 aromatic rings. The van der Waals surface area contributed by atoms with Gasteiger partial charge in [0.2, 0.25) is 17.4 Å². The molecule has 1 unspecified atom stereocenters. The molecule has 2 atom stereocenters. The van der Waals surface area contributed by atoms with Gasteiger partial charge in [-0.15, -0.1) is 10.2 Å². The van der Waals surface area contributed by atoms with Gasteiger partial charge in [-0.2, -0.15) is 13.2 Å². The summed E-state index contributed by atoms with van der Waals surface area (Å²) in [5, 5.41) is 26.3. The smallest absolute Gasteiger partial charge is 0.424 e. The zero-order chi connectivity index (χ0) is 27.9. The van der Waals surface area contributed by atoms with Crippen molar-refractivity contribution in [3.8, 4) is 0 Å². The van der Waals surface area contributed by atoms with Crippen LogP contribution < -0.4 is 4.31 Å². The van der Waals surface area contributed by atoms with Crippen molar-refractivity contribution in [2.24, 2.45) is 0 Å². The normalized spacial score (nSPS) is 17.6. The molecule has 0 aliphatic carbocycles. The average Bonchev–Trinajstić information content (AvgIpc) is 3.28. The number of alkyl halides is 4. The molecule has 9 nitrogen and oxygen atoms in total. The van der Waals surface area contributed by atoms with Gasteiger partial charge in [-0.1, -0.05) is 12.1 Å². The molecule has 4 rings (SSSR count). The highest BCUT2D eigenvalue weighted by atomic mass is 32.2. The quantitative estimate of drug-likeness (QED) is 0.400. The number of halogens is 5. The van der Waals surface area contributed by atoms with Crippen LogP contribution in [0.3, 0.4) is 0 Å². The first-order valence-electron chi connectivity index (χ1n) is 11.1. The molecule has 0 amide bonds. The van der Waals surface area contributed by atoms with Gasteiger partial charge in [0.15, 0.2) is 0 Å². The van der Waals surface area contributed by atoms with Crippen molar-refractivity contribution in [3.63, 3.8) is 0 Å². The summed E-state index contributed by atoms with van der Waals surface area (Å²) in [4.78, 5) is 10.6. The number of fused-ring (bicyclic) bond motifs is 1. The third kappa shape index (κ3) is 5.07. The second kappa shape index (κ2) is 9.94. The Morgan fingerprint density at radius 2 is 1.76 bits per heavy atom. The van der Waals surface area contributed by atoms with Gasteiger partial charge in [-0.05, 0) is 54.3 Å². The fourth-order valence-corrected chi connectivity index (χ4v) is 5.93. The molecule has 1 aliphatic rings. The number of carboxylic acid groups (broad SMARTS) is 1. The van der Waals surface area contributed by atoms with Crippen LogP contribution in [0, 0.1) is 5.82 Å². The van der Waals surface area contributed by atoms with Gasteiger partial charge in [0.25, 0.3) is 10.0 Å². The predicted molar refractivity (Wildman–Crippen MR) is 120 cm³/mol. The lowest BCUT2D eigenvalue weighted by atomic mass is 9.88. The summed E-state index contributed by atoms with van der Waals surface area (Å²) in [6.45, 7) is -2.15. The van der Waals surface area contributed by atoms with Gasteiger partial charge in [-0.3, -0.25) is 9.10 Å². The Hall–Kier alpha value is -3.59. The molecule has 0 spiro atoms. The number of aliphatic carboxylic acids is 1. The van der Waals surface area contributed by atoms with Gasteiger partial charge >= 0.3 is 12.1 Å². The van der Waals surface area contributed by atoms with Crippen molar-refractivity contribution in [1.82, 2.24) is 10.2 Å². The number of rotatable bonds is 8. The number of carboxylic acids is 1. The van der Waals surface area contributed by atoms with Crippen LogP contribution in [0.2, 0.25) is 0 Å². The van der Waals surface area contributed by atoms with Crippen LogP contribution in [0.15, 0.2) is 51.8 Å². The molecule has 2 aromatic carbocycles. The summed E-state index contributed by atoms with van der Waals surface area (Å²) in [5.41, 5.74) is -4.52. The first-order valence-corrected chi connectivity index (χ1v) is 12.5. The number of carbonyl (C=O) groups is 1. The van der Waals surface area contributed by atoms with E-state index in [0.717, 1.165) is 46.8 Å². The molecule has 0 saturated heterocycles. The fraction of sp³-hybridized carbons (Fsp3) is 0.348. The molecule has 1 aliphatic heterocycles. The summed E-state index contributed by atoms with van der Waals surface area (Å²) < 4.78 is 101. The Balaban J connectivity index is 1.79. The summed E-state index contributed by atoms with van der Waals surface area (Å²) in [6.07, 6.45) is -5.99. The van der Waals surface area contributed by atoms with E-state index in [2.05, 4.69) is 10.2 Å². The summed E-state index contributed by atoms with van der Waals surface area (Å²) in [7, 11) is -4.43. The van der Waals surface area contributed by atoms with Crippen molar-refractivity contribution in [2.75, 3.05) is 11.0 Å². The number of aliphatic hydroxyl groups is 1. The highest BCUT2D eigenvalue weighted by Crippen LogP contribution is 2.43. The van der Waals surface area contributed by atoms with Crippen LogP contribution in [0.4, 0.5) is 27.6 Å². The third-order valence-corrected chi connectivity index (χ3v) is 8.01. The largest absolute Gasteiger partial charge is 0.481 e. The number of benzene rings is 2. The Morgan fingerprint density at radius 1 is 1.11 bits per heavy atom. The molecule has 204 valence electrons. The standard InChI is InChI=1S/C23H20F5N3O6S/c24-12-22(34,23(26,27)28)14-2-8-18-13(9-14)1-5-16(10-19-29-30-20(37-19)11-21(32)33)31(18)38(35,36)17-6-3-15(25)4-7-17/h2-4,6-9,16,34H,1,5,10-12H2,(H,32,33)/t16-,22?/m0/s1. The molecular weight excluding hydrogens is 541 g/mol. The number of anilines is 1. The molecule has 1 aromatic heterocycles. The second-order valence-electron chi connectivity index (χ2n) is 8.65. The lowest BCUT2D eigenvalue weighted by Gasteiger charge is -2.38. The maximum absolute atomic E-state index is 13.7. The zero-order valence-electron chi connectivity index (χ0n) is 19.3. The molecule has 0 bridgehead atoms. The lowest BCUT2D eigenvalue weighted by molar-refractivity contribution is -0.271. The molecule has 38 heavy (non-hydrogen) atoms. The van der Waals surface area contributed by atoms with E-state index in [1.807, 2.05) is 0 Å². The van der Waals surface area contributed by atoms with Crippen LogP contribution >= 0.6 is 0 Å². The van der Waals surface area contributed by atoms with E-state index in [0.29, 0.717) is 0 Å². The minimum Gasteiger partial charge on any atom is -0.481 e. The lowest BCUT2D eigenvalue weighted by Crippen LogP contribution is -2.46. The SMILES string of the molecule is O=C(O)Cc1nnc(C[C@@H]2CCc3cc(C(O)(CF)C(F)(F)F)ccc3N2S(=O)(=O)c2ccc(F)cc2)o1. The van der Waals surface area contributed by atoms with Gasteiger partial charge < -0.3 is 14.6 Å². The van der Waals surface area contributed by atoms with Gasteiger partial charge in [-0.25, -0.2) is 17.2 Å². The van der Waals surface area contributed by atoms with E-state index in [9.17, 15) is 40.3 Å². The van der Waals surface area contributed by atoms with Crippen molar-refractivity contribution >= 4 is 21.7 Å². The first kappa shape index (κ1) is 27.4. The minimum atomic E-state index is -5.33. The highest BCUT2D eigenvalue weighted by Gasteiger charge is 2.55. The van der Waals surface area contributed by atoms with Gasteiger partial charge in [0, 0.05) is 6.42 Å². The monoisotopic (exact) mass is 561 g/mol. The number of sulfonamides is 1. The number of hydrogen-bond donors (Lipinski definition) is 2. The van der Waals surface area contributed by atoms with Crippen LogP contribution in [0.25, 0.3) is 0 Å². The van der Waals surface area contributed by atoms with E-state index in [1.165, 1.54) is 0 Å². The predicted octanol–water partition coefficient (Wildman–Crippen LogP) is 3.31. The molecule has 2 heterocycles. The third-order valence-electron chi connectivity index (χ3n) is 6.13. The summed E-state index contributed by atoms with van der Waals surface area (Å²) in [5.74, 6) is -2.21. The number of aromatic nitrogens is 2. The molecule has 2 N–H and O–H groups in total. The molecule has 0 saturated carbocycles. The highest BCUT2D eigenvalue weighted by molar-refractivity contribution is 7.92. The fourth-order valence-electron chi connectivity index (χ4n) is 4.21. The van der Waals surface area contributed by atoms with Gasteiger partial charge in [0.05, 0.1) is 16.6 Å². The maximum atomic E-state index is 13.7. The topological polar surface area (TPSA) is 134 Å².